The van der Waals surface area contributed by atoms with Crippen molar-refractivity contribution in [3.05, 3.63) is 11.6 Å². The van der Waals surface area contributed by atoms with Gasteiger partial charge in [-0.25, -0.2) is 0 Å². The molecule has 0 saturated heterocycles. The number of aldehydes is 1. The molecule has 0 bridgehead atoms. The second-order valence-electron chi connectivity index (χ2n) is 9.66. The third kappa shape index (κ3) is 3.56. The normalized spacial score (nSPS) is 41.9. The lowest BCUT2D eigenvalue weighted by atomic mass is 9.45. The SMILES string of the molecule is CC(=O)O.C[C@]12CCC(=O)C=C1CC[C@@H]1[C@@H]2[C@@H](O)C[C@]2(C=O)[C@@H](C(=O)CO)CC[C@@H]12. The summed E-state index contributed by atoms with van der Waals surface area (Å²) in [6.07, 6.45) is 6.75. The highest BCUT2D eigenvalue weighted by atomic mass is 16.4. The first-order valence-corrected chi connectivity index (χ1v) is 10.8. The fourth-order valence-corrected chi connectivity index (χ4v) is 7.18. The van der Waals surface area contributed by atoms with Gasteiger partial charge in [-0.05, 0) is 67.8 Å². The molecule has 166 valence electrons. The lowest BCUT2D eigenvalue weighted by molar-refractivity contribution is -0.157. The van der Waals surface area contributed by atoms with Crippen LogP contribution in [0.4, 0.5) is 0 Å². The van der Waals surface area contributed by atoms with E-state index in [1.54, 1.807) is 6.08 Å². The van der Waals surface area contributed by atoms with Crippen molar-refractivity contribution in [1.82, 2.24) is 0 Å². The Kier molecular flexibility index (Phi) is 6.35. The summed E-state index contributed by atoms with van der Waals surface area (Å²) in [4.78, 5) is 45.4. The van der Waals surface area contributed by atoms with Crippen LogP contribution in [-0.4, -0.2) is 51.9 Å². The van der Waals surface area contributed by atoms with Crippen molar-refractivity contribution in [2.45, 2.75) is 64.9 Å². The minimum atomic E-state index is -0.833. The molecule has 3 saturated carbocycles. The molecule has 0 heterocycles. The number of carboxylic acids is 1. The summed E-state index contributed by atoms with van der Waals surface area (Å²) in [6, 6.07) is 0. The monoisotopic (exact) mass is 420 g/mol. The Morgan fingerprint density at radius 1 is 1.23 bits per heavy atom. The molecule has 0 aromatic rings. The van der Waals surface area contributed by atoms with Gasteiger partial charge in [-0.1, -0.05) is 12.5 Å². The molecular formula is C23H32O7. The van der Waals surface area contributed by atoms with E-state index in [-0.39, 0.29) is 34.7 Å². The van der Waals surface area contributed by atoms with Gasteiger partial charge in [0.2, 0.25) is 0 Å². The second kappa shape index (κ2) is 8.35. The van der Waals surface area contributed by atoms with Gasteiger partial charge in [0.1, 0.15) is 12.9 Å². The first kappa shape index (κ1) is 22.8. The number of aliphatic hydroxyl groups excluding tert-OH is 2. The molecule has 30 heavy (non-hydrogen) atoms. The zero-order chi connectivity index (χ0) is 22.3. The van der Waals surface area contributed by atoms with Crippen molar-refractivity contribution in [3.63, 3.8) is 0 Å². The molecule has 0 aliphatic heterocycles. The van der Waals surface area contributed by atoms with E-state index in [2.05, 4.69) is 6.92 Å². The fourth-order valence-electron chi connectivity index (χ4n) is 7.18. The molecule has 7 atom stereocenters. The molecule has 0 radical (unpaired) electrons. The van der Waals surface area contributed by atoms with Gasteiger partial charge < -0.3 is 20.1 Å². The molecule has 7 nitrogen and oxygen atoms in total. The molecule has 0 aromatic heterocycles. The molecule has 4 rings (SSSR count). The Morgan fingerprint density at radius 3 is 2.50 bits per heavy atom. The predicted molar refractivity (Wildman–Crippen MR) is 107 cm³/mol. The van der Waals surface area contributed by atoms with Crippen molar-refractivity contribution in [2.24, 2.45) is 34.5 Å². The maximum absolute atomic E-state index is 12.3. The summed E-state index contributed by atoms with van der Waals surface area (Å²) < 4.78 is 0. The smallest absolute Gasteiger partial charge is 0.300 e. The molecule has 0 amide bonds. The Balaban J connectivity index is 0.000000589. The van der Waals surface area contributed by atoms with Crippen LogP contribution in [0.25, 0.3) is 0 Å². The number of ketones is 2. The average molecular weight is 421 g/mol. The number of allylic oxidation sites excluding steroid dienone is 1. The Hall–Kier alpha value is -1.86. The molecule has 4 aliphatic carbocycles. The second-order valence-corrected chi connectivity index (χ2v) is 9.66. The summed E-state index contributed by atoms with van der Waals surface area (Å²) >= 11 is 0. The van der Waals surface area contributed by atoms with E-state index in [1.807, 2.05) is 0 Å². The highest BCUT2D eigenvalue weighted by Crippen LogP contribution is 2.66. The lowest BCUT2D eigenvalue weighted by Gasteiger charge is -2.59. The number of rotatable bonds is 3. The molecule has 0 aromatic carbocycles. The number of carbonyl (C=O) groups is 4. The van der Waals surface area contributed by atoms with Crippen LogP contribution in [0.2, 0.25) is 0 Å². The van der Waals surface area contributed by atoms with Crippen LogP contribution in [-0.2, 0) is 19.2 Å². The minimum absolute atomic E-state index is 0.0386. The number of hydrogen-bond acceptors (Lipinski definition) is 6. The van der Waals surface area contributed by atoms with E-state index in [9.17, 15) is 24.6 Å². The van der Waals surface area contributed by atoms with Gasteiger partial charge in [0, 0.05) is 24.7 Å². The van der Waals surface area contributed by atoms with E-state index in [1.165, 1.54) is 0 Å². The topological polar surface area (TPSA) is 129 Å². The number of aliphatic carboxylic acids is 1. The first-order chi connectivity index (χ1) is 14.1. The molecule has 3 fully saturated rings. The van der Waals surface area contributed by atoms with Gasteiger partial charge >= 0.3 is 0 Å². The predicted octanol–water partition coefficient (Wildman–Crippen LogP) is 1.94. The van der Waals surface area contributed by atoms with Crippen molar-refractivity contribution in [2.75, 3.05) is 6.61 Å². The Morgan fingerprint density at radius 2 is 1.90 bits per heavy atom. The van der Waals surface area contributed by atoms with Crippen LogP contribution < -0.4 is 0 Å². The van der Waals surface area contributed by atoms with Crippen LogP contribution in [0, 0.1) is 34.5 Å². The van der Waals surface area contributed by atoms with E-state index in [0.717, 1.165) is 44.5 Å². The summed E-state index contributed by atoms with van der Waals surface area (Å²) in [6.45, 7) is 2.72. The summed E-state index contributed by atoms with van der Waals surface area (Å²) in [5.74, 6) is -1.07. The van der Waals surface area contributed by atoms with E-state index < -0.39 is 30.0 Å². The molecule has 0 unspecified atom stereocenters. The van der Waals surface area contributed by atoms with E-state index in [0.29, 0.717) is 19.3 Å². The maximum Gasteiger partial charge on any atom is 0.300 e. The quantitative estimate of drug-likeness (QED) is 0.595. The standard InChI is InChI=1S/C21H28O5.C2H4O2/c1-20-7-6-13(24)8-12(20)2-3-14-15-4-5-16(18(26)10-22)21(15,11-23)9-17(25)19(14)20;1-2(3)4/h8,11,14-17,19,22,25H,2-7,9-10H2,1H3;1H3,(H,3,4)/t14-,15-,16+,17-,19+,20-,21+;/m0./s1. The maximum atomic E-state index is 12.3. The zero-order valence-corrected chi connectivity index (χ0v) is 17.7. The van der Waals surface area contributed by atoms with Gasteiger partial charge in [-0.15, -0.1) is 0 Å². The van der Waals surface area contributed by atoms with Gasteiger partial charge in [0.25, 0.3) is 5.97 Å². The molecular weight excluding hydrogens is 388 g/mol. The minimum Gasteiger partial charge on any atom is -0.481 e. The van der Waals surface area contributed by atoms with Crippen molar-refractivity contribution >= 4 is 23.8 Å². The molecule has 3 N–H and O–H groups in total. The number of fused-ring (bicyclic) bond motifs is 5. The molecule has 0 spiro atoms. The van der Waals surface area contributed by atoms with E-state index >= 15 is 0 Å². The third-order valence-electron chi connectivity index (χ3n) is 8.27. The van der Waals surface area contributed by atoms with Crippen molar-refractivity contribution < 1.29 is 34.5 Å². The van der Waals surface area contributed by atoms with Crippen LogP contribution in [0.1, 0.15) is 58.8 Å². The van der Waals surface area contributed by atoms with Gasteiger partial charge in [-0.3, -0.25) is 14.4 Å². The summed E-state index contributed by atoms with van der Waals surface area (Å²) in [5.41, 5.74) is 0.140. The molecule has 7 heteroatoms. The number of Topliss-reactive ketones (excluding diaryl/α,β-unsaturated/α-hetero) is 1. The molecule has 4 aliphatic rings. The first-order valence-electron chi connectivity index (χ1n) is 10.8. The number of carboxylic acid groups (broad SMARTS) is 1. The fraction of sp³-hybridized carbons (Fsp3) is 0.739. The summed E-state index contributed by atoms with van der Waals surface area (Å²) in [5, 5.41) is 27.9. The number of hydrogen-bond donors (Lipinski definition) is 3. The van der Waals surface area contributed by atoms with Crippen LogP contribution >= 0.6 is 0 Å². The Labute approximate surface area is 176 Å². The van der Waals surface area contributed by atoms with Crippen molar-refractivity contribution in [3.8, 4) is 0 Å². The van der Waals surface area contributed by atoms with Crippen LogP contribution in [0.5, 0.6) is 0 Å². The number of aliphatic hydroxyl groups is 2. The lowest BCUT2D eigenvalue weighted by Crippen LogP contribution is -2.58. The average Bonchev–Trinajstić information content (AvgIpc) is 3.06. The van der Waals surface area contributed by atoms with Gasteiger partial charge in [0.05, 0.1) is 6.10 Å². The largest absolute Gasteiger partial charge is 0.481 e. The Bertz CT molecular complexity index is 768. The van der Waals surface area contributed by atoms with Gasteiger partial charge in [-0.2, -0.15) is 0 Å². The van der Waals surface area contributed by atoms with Crippen LogP contribution in [0.15, 0.2) is 11.6 Å². The van der Waals surface area contributed by atoms with Crippen LogP contribution in [0.3, 0.4) is 0 Å². The highest BCUT2D eigenvalue weighted by Gasteiger charge is 2.64. The van der Waals surface area contributed by atoms with Gasteiger partial charge in [0.15, 0.2) is 11.6 Å². The van der Waals surface area contributed by atoms with Crippen molar-refractivity contribution in [1.29, 1.82) is 0 Å². The summed E-state index contributed by atoms with van der Waals surface area (Å²) in [7, 11) is 0. The number of carbonyl (C=O) groups excluding carboxylic acids is 3. The third-order valence-corrected chi connectivity index (χ3v) is 8.27. The van der Waals surface area contributed by atoms with E-state index in [4.69, 9.17) is 9.90 Å². The highest BCUT2D eigenvalue weighted by molar-refractivity contribution is 5.91. The zero-order valence-electron chi connectivity index (χ0n) is 17.7.